The van der Waals surface area contributed by atoms with Crippen LogP contribution in [-0.4, -0.2) is 25.5 Å². The average Bonchev–Trinajstić information content (AvgIpc) is 2.25. The van der Waals surface area contributed by atoms with Crippen molar-refractivity contribution in [1.29, 1.82) is 0 Å². The first kappa shape index (κ1) is 11.7. The van der Waals surface area contributed by atoms with Gasteiger partial charge in [0.25, 0.3) is 5.91 Å². The lowest BCUT2D eigenvalue weighted by Crippen LogP contribution is -2.32. The normalized spacial score (nSPS) is 10.0. The summed E-state index contributed by atoms with van der Waals surface area (Å²) >= 11 is 0. The second-order valence-corrected chi connectivity index (χ2v) is 3.09. The Bertz CT molecular complexity index is 328. The number of amides is 1. The molecule has 2 N–H and O–H groups in total. The highest BCUT2D eigenvalue weighted by atomic mass is 19.1. The summed E-state index contributed by atoms with van der Waals surface area (Å²) in [6, 6.07) is 5.95. The third-order valence-electron chi connectivity index (χ3n) is 1.96. The summed E-state index contributed by atoms with van der Waals surface area (Å²) in [7, 11) is 0. The minimum Gasteiger partial charge on any atom is -0.351 e. The van der Waals surface area contributed by atoms with Crippen LogP contribution in [0.15, 0.2) is 24.3 Å². The zero-order valence-corrected chi connectivity index (χ0v) is 8.72. The van der Waals surface area contributed by atoms with E-state index in [9.17, 15) is 9.18 Å². The van der Waals surface area contributed by atoms with Crippen molar-refractivity contribution in [3.05, 3.63) is 35.6 Å². The van der Waals surface area contributed by atoms with Crippen molar-refractivity contribution in [2.75, 3.05) is 19.6 Å². The van der Waals surface area contributed by atoms with E-state index in [0.717, 1.165) is 6.54 Å². The predicted octanol–water partition coefficient (Wildman–Crippen LogP) is 1.16. The second-order valence-electron chi connectivity index (χ2n) is 3.09. The van der Waals surface area contributed by atoms with Gasteiger partial charge in [-0.15, -0.1) is 0 Å². The van der Waals surface area contributed by atoms with Gasteiger partial charge in [0.2, 0.25) is 0 Å². The smallest absolute Gasteiger partial charge is 0.254 e. The average molecular weight is 210 g/mol. The molecule has 0 fully saturated rings. The lowest BCUT2D eigenvalue weighted by atomic mass is 10.2. The van der Waals surface area contributed by atoms with Crippen LogP contribution in [0.4, 0.5) is 4.39 Å². The number of benzene rings is 1. The molecule has 0 aliphatic heterocycles. The molecule has 0 aromatic heterocycles. The quantitative estimate of drug-likeness (QED) is 0.716. The van der Waals surface area contributed by atoms with Crippen LogP contribution >= 0.6 is 0 Å². The Morgan fingerprint density at radius 2 is 2.07 bits per heavy atom. The molecule has 1 aromatic carbocycles. The molecule has 1 rings (SSSR count). The van der Waals surface area contributed by atoms with E-state index in [4.69, 9.17) is 0 Å². The van der Waals surface area contributed by atoms with E-state index >= 15 is 0 Å². The van der Waals surface area contributed by atoms with Crippen LogP contribution in [0.5, 0.6) is 0 Å². The number of rotatable bonds is 5. The molecule has 0 heterocycles. The van der Waals surface area contributed by atoms with Crippen LogP contribution in [0.3, 0.4) is 0 Å². The summed E-state index contributed by atoms with van der Waals surface area (Å²) in [5.74, 6) is -0.857. The first-order valence-electron chi connectivity index (χ1n) is 4.99. The summed E-state index contributed by atoms with van der Waals surface area (Å²) in [6.45, 7) is 4.03. The van der Waals surface area contributed by atoms with Gasteiger partial charge in [-0.05, 0) is 18.7 Å². The van der Waals surface area contributed by atoms with E-state index in [1.165, 1.54) is 12.1 Å². The highest BCUT2D eigenvalue weighted by Gasteiger charge is 2.08. The third kappa shape index (κ3) is 3.67. The van der Waals surface area contributed by atoms with Gasteiger partial charge in [0.05, 0.1) is 5.56 Å². The maximum atomic E-state index is 13.1. The van der Waals surface area contributed by atoms with Crippen molar-refractivity contribution in [3.63, 3.8) is 0 Å². The summed E-state index contributed by atoms with van der Waals surface area (Å²) in [5.41, 5.74) is 0.0917. The molecule has 0 unspecified atom stereocenters. The van der Waals surface area contributed by atoms with Crippen LogP contribution in [0, 0.1) is 5.82 Å². The Kier molecular flexibility index (Phi) is 4.77. The van der Waals surface area contributed by atoms with E-state index < -0.39 is 5.82 Å². The van der Waals surface area contributed by atoms with Crippen LogP contribution in [0.1, 0.15) is 17.3 Å². The number of carbonyl (C=O) groups excluding carboxylic acids is 1. The molecule has 0 bridgehead atoms. The largest absolute Gasteiger partial charge is 0.351 e. The fourth-order valence-electron chi connectivity index (χ4n) is 1.18. The van der Waals surface area contributed by atoms with Crippen molar-refractivity contribution >= 4 is 5.91 Å². The fourth-order valence-corrected chi connectivity index (χ4v) is 1.18. The molecule has 0 saturated carbocycles. The van der Waals surface area contributed by atoms with E-state index in [2.05, 4.69) is 10.6 Å². The molecule has 0 saturated heterocycles. The number of carbonyl (C=O) groups is 1. The van der Waals surface area contributed by atoms with Crippen LogP contribution in [0.2, 0.25) is 0 Å². The van der Waals surface area contributed by atoms with Gasteiger partial charge >= 0.3 is 0 Å². The maximum absolute atomic E-state index is 13.1. The van der Waals surface area contributed by atoms with Crippen molar-refractivity contribution < 1.29 is 9.18 Å². The lowest BCUT2D eigenvalue weighted by molar-refractivity contribution is 0.0950. The van der Waals surface area contributed by atoms with Crippen LogP contribution in [0.25, 0.3) is 0 Å². The molecule has 15 heavy (non-hydrogen) atoms. The minimum atomic E-state index is -0.488. The first-order valence-corrected chi connectivity index (χ1v) is 4.99. The maximum Gasteiger partial charge on any atom is 0.254 e. The Morgan fingerprint density at radius 1 is 1.33 bits per heavy atom. The Morgan fingerprint density at radius 3 is 2.73 bits per heavy atom. The zero-order chi connectivity index (χ0) is 11.1. The molecule has 0 radical (unpaired) electrons. The number of hydrogen-bond donors (Lipinski definition) is 2. The van der Waals surface area contributed by atoms with Gasteiger partial charge < -0.3 is 10.6 Å². The minimum absolute atomic E-state index is 0.0917. The van der Waals surface area contributed by atoms with Crippen molar-refractivity contribution in [2.45, 2.75) is 6.92 Å². The summed E-state index contributed by atoms with van der Waals surface area (Å²) in [5, 5.41) is 5.69. The Balaban J connectivity index is 2.44. The Hall–Kier alpha value is -1.42. The topological polar surface area (TPSA) is 41.1 Å². The molecular weight excluding hydrogens is 195 g/mol. The lowest BCUT2D eigenvalue weighted by Gasteiger charge is -2.05. The van der Waals surface area contributed by atoms with E-state index in [-0.39, 0.29) is 11.5 Å². The van der Waals surface area contributed by atoms with Gasteiger partial charge in [0.15, 0.2) is 0 Å². The highest BCUT2D eigenvalue weighted by molar-refractivity contribution is 5.94. The molecule has 0 atom stereocenters. The van der Waals surface area contributed by atoms with Crippen molar-refractivity contribution in [3.8, 4) is 0 Å². The standard InChI is InChI=1S/C11H15FN2O/c1-2-13-7-8-14-11(15)9-5-3-4-6-10(9)12/h3-6,13H,2,7-8H2,1H3,(H,14,15). The SMILES string of the molecule is CCNCCNC(=O)c1ccccc1F. The van der Waals surface area contributed by atoms with Gasteiger partial charge in [0.1, 0.15) is 5.82 Å². The Labute approximate surface area is 88.7 Å². The summed E-state index contributed by atoms with van der Waals surface area (Å²) in [6.07, 6.45) is 0. The number of halogens is 1. The second kappa shape index (κ2) is 6.14. The predicted molar refractivity (Wildman–Crippen MR) is 57.3 cm³/mol. The van der Waals surface area contributed by atoms with E-state index in [1.54, 1.807) is 12.1 Å². The fraction of sp³-hybridized carbons (Fsp3) is 0.364. The molecule has 82 valence electrons. The molecular formula is C11H15FN2O. The summed E-state index contributed by atoms with van der Waals surface area (Å²) in [4.78, 5) is 11.4. The van der Waals surface area contributed by atoms with Crippen LogP contribution < -0.4 is 10.6 Å². The van der Waals surface area contributed by atoms with E-state index in [0.29, 0.717) is 13.1 Å². The van der Waals surface area contributed by atoms with Crippen molar-refractivity contribution in [2.24, 2.45) is 0 Å². The zero-order valence-electron chi connectivity index (χ0n) is 8.72. The summed E-state index contributed by atoms with van der Waals surface area (Å²) < 4.78 is 13.1. The van der Waals surface area contributed by atoms with Crippen molar-refractivity contribution in [1.82, 2.24) is 10.6 Å². The van der Waals surface area contributed by atoms with Gasteiger partial charge in [-0.2, -0.15) is 0 Å². The van der Waals surface area contributed by atoms with Gasteiger partial charge in [0, 0.05) is 13.1 Å². The highest BCUT2D eigenvalue weighted by Crippen LogP contribution is 2.05. The van der Waals surface area contributed by atoms with Crippen LogP contribution in [-0.2, 0) is 0 Å². The van der Waals surface area contributed by atoms with Gasteiger partial charge in [-0.25, -0.2) is 4.39 Å². The number of hydrogen-bond acceptors (Lipinski definition) is 2. The molecule has 4 heteroatoms. The van der Waals surface area contributed by atoms with Gasteiger partial charge in [-0.1, -0.05) is 19.1 Å². The number of likely N-dealkylation sites (N-methyl/N-ethyl adjacent to an activating group) is 1. The molecule has 0 aliphatic rings. The molecule has 0 spiro atoms. The monoisotopic (exact) mass is 210 g/mol. The molecule has 1 aromatic rings. The van der Waals surface area contributed by atoms with Gasteiger partial charge in [-0.3, -0.25) is 4.79 Å². The first-order chi connectivity index (χ1) is 7.25. The molecule has 0 aliphatic carbocycles. The molecule has 1 amide bonds. The third-order valence-corrected chi connectivity index (χ3v) is 1.96. The molecule has 3 nitrogen and oxygen atoms in total. The van der Waals surface area contributed by atoms with E-state index in [1.807, 2.05) is 6.92 Å². The number of nitrogens with one attached hydrogen (secondary N) is 2.